The van der Waals surface area contributed by atoms with Crippen LogP contribution in [-0.2, 0) is 15.3 Å². The van der Waals surface area contributed by atoms with Gasteiger partial charge in [0.15, 0.2) is 0 Å². The minimum absolute atomic E-state index is 0.0313. The number of carbonyl (C=O) groups excluding carboxylic acids is 3. The second-order valence-electron chi connectivity index (χ2n) is 3.78. The van der Waals surface area contributed by atoms with Crippen molar-refractivity contribution in [2.24, 2.45) is 0 Å². The molecule has 4 amide bonds. The summed E-state index contributed by atoms with van der Waals surface area (Å²) >= 11 is 0. The summed E-state index contributed by atoms with van der Waals surface area (Å²) in [5, 5.41) is 16.6. The molecule has 1 aliphatic rings. The molecule has 4 N–H and O–H groups in total. The quantitative estimate of drug-likeness (QED) is 0.555. The van der Waals surface area contributed by atoms with Crippen molar-refractivity contribution in [1.82, 2.24) is 10.6 Å². The van der Waals surface area contributed by atoms with Crippen molar-refractivity contribution >= 4 is 23.7 Å². The van der Waals surface area contributed by atoms with E-state index in [9.17, 15) is 19.5 Å². The molecule has 0 spiro atoms. The molecule has 1 atom stereocenters. The number of nitrogens with one attached hydrogen (secondary N) is 3. The highest BCUT2D eigenvalue weighted by molar-refractivity contribution is 6.07. The average molecular weight is 265 g/mol. The Balaban J connectivity index is 2.42. The van der Waals surface area contributed by atoms with E-state index < -0.39 is 23.8 Å². The van der Waals surface area contributed by atoms with Crippen molar-refractivity contribution in [3.05, 3.63) is 29.8 Å². The number of benzene rings is 1. The van der Waals surface area contributed by atoms with Crippen molar-refractivity contribution in [2.45, 2.75) is 5.72 Å². The Morgan fingerprint density at radius 2 is 2.05 bits per heavy atom. The largest absolute Gasteiger partial charge is 0.453 e. The normalized spacial score (nSPS) is 21.6. The number of para-hydroxylation sites is 1. The summed E-state index contributed by atoms with van der Waals surface area (Å²) < 4.78 is 4.43. The van der Waals surface area contributed by atoms with Gasteiger partial charge in [0, 0.05) is 5.56 Å². The van der Waals surface area contributed by atoms with Gasteiger partial charge in [-0.2, -0.15) is 0 Å². The zero-order valence-electron chi connectivity index (χ0n) is 9.89. The second-order valence-corrected chi connectivity index (χ2v) is 3.78. The molecule has 2 rings (SSSR count). The molecule has 100 valence electrons. The number of carbonyl (C=O) groups is 3. The van der Waals surface area contributed by atoms with E-state index >= 15 is 0 Å². The third-order valence-corrected chi connectivity index (χ3v) is 2.59. The molecule has 1 unspecified atom stereocenters. The lowest BCUT2D eigenvalue weighted by atomic mass is 10.0. The molecule has 0 aromatic heterocycles. The average Bonchev–Trinajstić information content (AvgIpc) is 2.64. The Bertz CT molecular complexity index is 559. The minimum atomic E-state index is -2.23. The van der Waals surface area contributed by atoms with Crippen LogP contribution in [0.15, 0.2) is 24.3 Å². The molecule has 1 aromatic carbocycles. The van der Waals surface area contributed by atoms with Gasteiger partial charge >= 0.3 is 12.1 Å². The monoisotopic (exact) mass is 265 g/mol. The summed E-state index contributed by atoms with van der Waals surface area (Å²) in [7, 11) is 1.18. The molecule has 1 aromatic rings. The van der Waals surface area contributed by atoms with Crippen LogP contribution >= 0.6 is 0 Å². The first-order valence-corrected chi connectivity index (χ1v) is 5.28. The molecule has 0 aliphatic carbocycles. The van der Waals surface area contributed by atoms with Crippen LogP contribution in [0, 0.1) is 0 Å². The first-order valence-electron chi connectivity index (χ1n) is 5.28. The number of hydrogen-bond donors (Lipinski definition) is 4. The van der Waals surface area contributed by atoms with Crippen molar-refractivity contribution in [3.8, 4) is 0 Å². The van der Waals surface area contributed by atoms with Crippen LogP contribution in [0.2, 0.25) is 0 Å². The Morgan fingerprint density at radius 1 is 1.37 bits per heavy atom. The van der Waals surface area contributed by atoms with Crippen LogP contribution in [-0.4, -0.2) is 30.2 Å². The lowest BCUT2D eigenvalue weighted by Crippen LogP contribution is -2.44. The fourth-order valence-electron chi connectivity index (χ4n) is 1.70. The van der Waals surface area contributed by atoms with Gasteiger partial charge in [-0.15, -0.1) is 0 Å². The van der Waals surface area contributed by atoms with E-state index in [1.807, 2.05) is 5.32 Å². The summed E-state index contributed by atoms with van der Waals surface area (Å²) in [6.07, 6.45) is -0.763. The molecule has 8 heteroatoms. The Morgan fingerprint density at radius 3 is 2.63 bits per heavy atom. The summed E-state index contributed by atoms with van der Waals surface area (Å²) in [5.74, 6) is -0.920. The van der Waals surface area contributed by atoms with E-state index in [1.165, 1.54) is 19.2 Å². The van der Waals surface area contributed by atoms with E-state index in [4.69, 9.17) is 0 Å². The highest BCUT2D eigenvalue weighted by Crippen LogP contribution is 2.28. The highest BCUT2D eigenvalue weighted by atomic mass is 16.5. The number of hydrogen-bond acceptors (Lipinski definition) is 5. The lowest BCUT2D eigenvalue weighted by molar-refractivity contribution is -0.137. The van der Waals surface area contributed by atoms with Gasteiger partial charge in [-0.3, -0.25) is 20.7 Å². The van der Waals surface area contributed by atoms with Crippen molar-refractivity contribution in [1.29, 1.82) is 0 Å². The summed E-state index contributed by atoms with van der Waals surface area (Å²) in [4.78, 5) is 33.9. The predicted octanol–water partition coefficient (Wildman–Crippen LogP) is -0.151. The summed E-state index contributed by atoms with van der Waals surface area (Å²) in [6, 6.07) is 5.18. The van der Waals surface area contributed by atoms with Gasteiger partial charge in [0.25, 0.3) is 5.91 Å². The number of rotatable bonds is 2. The lowest BCUT2D eigenvalue weighted by Gasteiger charge is -2.22. The number of aliphatic hydroxyl groups is 1. The molecular formula is C11H11N3O5. The highest BCUT2D eigenvalue weighted by Gasteiger charge is 2.47. The molecule has 1 aliphatic heterocycles. The summed E-state index contributed by atoms with van der Waals surface area (Å²) in [5.41, 5.74) is -2.05. The van der Waals surface area contributed by atoms with Gasteiger partial charge in [-0.1, -0.05) is 18.2 Å². The van der Waals surface area contributed by atoms with Crippen LogP contribution in [0.4, 0.5) is 15.3 Å². The van der Waals surface area contributed by atoms with Crippen LogP contribution in [0.5, 0.6) is 0 Å². The number of ether oxygens (including phenoxy) is 1. The maximum atomic E-state index is 11.6. The Kier molecular flexibility index (Phi) is 3.09. The topological polar surface area (TPSA) is 117 Å². The van der Waals surface area contributed by atoms with E-state index in [0.717, 1.165) is 0 Å². The van der Waals surface area contributed by atoms with Gasteiger partial charge in [-0.25, -0.2) is 9.59 Å². The molecule has 0 saturated carbocycles. The number of methoxy groups -OCH3 is 1. The van der Waals surface area contributed by atoms with Gasteiger partial charge in [0.2, 0.25) is 5.72 Å². The van der Waals surface area contributed by atoms with Crippen LogP contribution < -0.4 is 16.0 Å². The molecular weight excluding hydrogens is 254 g/mol. The Hall–Kier alpha value is -2.61. The van der Waals surface area contributed by atoms with Gasteiger partial charge in [0.05, 0.1) is 12.8 Å². The zero-order valence-corrected chi connectivity index (χ0v) is 9.89. The maximum absolute atomic E-state index is 11.6. The third kappa shape index (κ3) is 2.20. The van der Waals surface area contributed by atoms with Crippen molar-refractivity contribution < 1.29 is 24.2 Å². The first kappa shape index (κ1) is 12.8. The number of urea groups is 1. The molecule has 1 heterocycles. The Labute approximate surface area is 107 Å². The smallest absolute Gasteiger partial charge is 0.411 e. The molecule has 0 bridgehead atoms. The molecule has 1 fully saturated rings. The van der Waals surface area contributed by atoms with E-state index in [-0.39, 0.29) is 11.3 Å². The fourth-order valence-corrected chi connectivity index (χ4v) is 1.70. The van der Waals surface area contributed by atoms with Gasteiger partial charge in [-0.05, 0) is 6.07 Å². The van der Waals surface area contributed by atoms with Crippen molar-refractivity contribution in [3.63, 3.8) is 0 Å². The number of anilines is 1. The third-order valence-electron chi connectivity index (χ3n) is 2.59. The van der Waals surface area contributed by atoms with Gasteiger partial charge < -0.3 is 9.84 Å². The van der Waals surface area contributed by atoms with Crippen molar-refractivity contribution in [2.75, 3.05) is 12.4 Å². The molecule has 0 radical (unpaired) electrons. The second kappa shape index (κ2) is 4.58. The fraction of sp³-hybridized carbons (Fsp3) is 0.182. The van der Waals surface area contributed by atoms with Crippen LogP contribution in [0.25, 0.3) is 0 Å². The molecule has 19 heavy (non-hydrogen) atoms. The standard InChI is InChI=1S/C11H11N3O5/c1-19-10(17)12-7-5-3-2-4-6(7)11(18)8(15)13-9(16)14-11/h2-5,18H,1H3,(H,12,17)(H2,13,14,15,16). The van der Waals surface area contributed by atoms with Gasteiger partial charge in [0.1, 0.15) is 0 Å². The molecule has 8 nitrogen and oxygen atoms in total. The van der Waals surface area contributed by atoms with Crippen LogP contribution in [0.3, 0.4) is 0 Å². The van der Waals surface area contributed by atoms with Crippen LogP contribution in [0.1, 0.15) is 5.56 Å². The molecule has 1 saturated heterocycles. The van der Waals surface area contributed by atoms with E-state index in [0.29, 0.717) is 0 Å². The SMILES string of the molecule is COC(=O)Nc1ccccc1C1(O)NC(=O)NC1=O. The maximum Gasteiger partial charge on any atom is 0.411 e. The number of imide groups is 1. The first-order chi connectivity index (χ1) is 8.97. The number of amides is 4. The summed E-state index contributed by atoms with van der Waals surface area (Å²) in [6.45, 7) is 0. The minimum Gasteiger partial charge on any atom is -0.453 e. The van der Waals surface area contributed by atoms with E-state index in [2.05, 4.69) is 15.4 Å². The predicted molar refractivity (Wildman–Crippen MR) is 63.0 cm³/mol. The zero-order chi connectivity index (χ0) is 14.0. The van der Waals surface area contributed by atoms with E-state index in [1.54, 1.807) is 12.1 Å².